The van der Waals surface area contributed by atoms with Crippen LogP contribution in [0.3, 0.4) is 0 Å². The highest BCUT2D eigenvalue weighted by Gasteiger charge is 2.27. The Balaban J connectivity index is 1.47. The van der Waals surface area contributed by atoms with E-state index in [0.717, 1.165) is 27.9 Å². The summed E-state index contributed by atoms with van der Waals surface area (Å²) < 4.78 is 5.10. The van der Waals surface area contributed by atoms with Gasteiger partial charge in [0, 0.05) is 35.8 Å². The van der Waals surface area contributed by atoms with Crippen molar-refractivity contribution in [3.63, 3.8) is 0 Å². The summed E-state index contributed by atoms with van der Waals surface area (Å²) in [6, 6.07) is 18.4. The van der Waals surface area contributed by atoms with Crippen molar-refractivity contribution >= 4 is 40.3 Å². The molecule has 0 aliphatic rings. The van der Waals surface area contributed by atoms with E-state index >= 15 is 0 Å². The summed E-state index contributed by atoms with van der Waals surface area (Å²) in [6.45, 7) is 5.84. The summed E-state index contributed by atoms with van der Waals surface area (Å²) in [7, 11) is 1.92. The molecule has 42 heavy (non-hydrogen) atoms. The van der Waals surface area contributed by atoms with E-state index in [2.05, 4.69) is 20.5 Å². The molecule has 10 heteroatoms. The van der Waals surface area contributed by atoms with Gasteiger partial charge in [0.05, 0.1) is 17.1 Å². The van der Waals surface area contributed by atoms with Crippen LogP contribution in [0.25, 0.3) is 34.3 Å². The molecule has 6 aromatic rings. The number of nitrogen functional groups attached to an aromatic ring is 1. The molecule has 0 fully saturated rings. The number of fused-ring (bicyclic) bond motifs is 2. The van der Waals surface area contributed by atoms with Gasteiger partial charge < -0.3 is 11.1 Å². The molecule has 0 aliphatic carbocycles. The van der Waals surface area contributed by atoms with Crippen LogP contribution >= 0.6 is 0 Å². The number of amides is 1. The van der Waals surface area contributed by atoms with Crippen LogP contribution in [-0.4, -0.2) is 30.3 Å². The lowest BCUT2D eigenvalue weighted by atomic mass is 10.0. The molecule has 1 amide bonds. The van der Waals surface area contributed by atoms with Crippen molar-refractivity contribution in [2.75, 3.05) is 5.73 Å². The van der Waals surface area contributed by atoms with Gasteiger partial charge in [0.15, 0.2) is 11.4 Å². The molecule has 6 rings (SSSR count). The first-order valence-corrected chi connectivity index (χ1v) is 13.6. The molecule has 0 aliphatic heterocycles. The number of para-hydroxylation sites is 1. The number of benzene rings is 2. The molecule has 210 valence electrons. The third kappa shape index (κ3) is 4.52. The maximum atomic E-state index is 14.3. The number of anilines is 1. The van der Waals surface area contributed by atoms with Crippen molar-refractivity contribution in [1.82, 2.24) is 29.7 Å². The maximum absolute atomic E-state index is 14.3. The Morgan fingerprint density at radius 3 is 2.62 bits per heavy atom. The summed E-state index contributed by atoms with van der Waals surface area (Å²) in [5.41, 5.74) is 11.7. The predicted octanol–water partition coefficient (Wildman–Crippen LogP) is 4.05. The smallest absolute Gasteiger partial charge is 0.362 e. The molecule has 0 saturated carbocycles. The van der Waals surface area contributed by atoms with Crippen LogP contribution in [0, 0.1) is 13.8 Å². The quantitative estimate of drug-likeness (QED) is 0.265. The Kier molecular flexibility index (Phi) is 6.66. The average Bonchev–Trinajstić information content (AvgIpc) is 3.44. The van der Waals surface area contributed by atoms with E-state index in [-0.39, 0.29) is 16.9 Å². The van der Waals surface area contributed by atoms with Crippen molar-refractivity contribution in [3.8, 4) is 5.69 Å². The molecule has 1 unspecified atom stereocenters. The van der Waals surface area contributed by atoms with Gasteiger partial charge in [0.1, 0.15) is 12.4 Å². The highest BCUT2D eigenvalue weighted by molar-refractivity contribution is 6.03. The predicted molar refractivity (Wildman–Crippen MR) is 163 cm³/mol. The average molecular weight is 560 g/mol. The Morgan fingerprint density at radius 1 is 1.10 bits per heavy atom. The molecule has 2 aromatic carbocycles. The second-order valence-electron chi connectivity index (χ2n) is 10.3. The lowest BCUT2D eigenvalue weighted by molar-refractivity contribution is -0.577. The number of nitrogens with two attached hydrogens (primary N) is 1. The van der Waals surface area contributed by atoms with Crippen molar-refractivity contribution in [2.45, 2.75) is 26.8 Å². The molecule has 1 atom stereocenters. The molecular formula is C32H31N8O2+. The zero-order valence-corrected chi connectivity index (χ0v) is 23.8. The van der Waals surface area contributed by atoms with Crippen molar-refractivity contribution < 1.29 is 9.31 Å². The van der Waals surface area contributed by atoms with Crippen molar-refractivity contribution in [2.24, 2.45) is 7.05 Å². The van der Waals surface area contributed by atoms with Gasteiger partial charge in [-0.3, -0.25) is 18.8 Å². The molecule has 0 radical (unpaired) electrons. The third-order valence-corrected chi connectivity index (χ3v) is 7.61. The summed E-state index contributed by atoms with van der Waals surface area (Å²) in [5.74, 6) is -0.198. The number of carbonyl (C=O) groups is 1. The van der Waals surface area contributed by atoms with Gasteiger partial charge in [0.25, 0.3) is 11.5 Å². The highest BCUT2D eigenvalue weighted by Crippen LogP contribution is 2.26. The van der Waals surface area contributed by atoms with Crippen molar-refractivity contribution in [1.29, 1.82) is 0 Å². The highest BCUT2D eigenvalue weighted by atomic mass is 16.2. The number of aryl methyl sites for hydroxylation is 2. The van der Waals surface area contributed by atoms with E-state index in [9.17, 15) is 9.59 Å². The van der Waals surface area contributed by atoms with Crippen LogP contribution < -0.4 is 21.1 Å². The number of aromatic amines is 1. The summed E-state index contributed by atoms with van der Waals surface area (Å²) in [4.78, 5) is 32.1. The summed E-state index contributed by atoms with van der Waals surface area (Å²) in [5, 5.41) is 11.8. The molecule has 10 nitrogen and oxygen atoms in total. The van der Waals surface area contributed by atoms with E-state index in [1.807, 2.05) is 99.3 Å². The molecule has 0 saturated heterocycles. The fourth-order valence-electron chi connectivity index (χ4n) is 5.43. The van der Waals surface area contributed by atoms with Crippen LogP contribution in [-0.2, 0) is 7.05 Å². The van der Waals surface area contributed by atoms with Gasteiger partial charge in [-0.1, -0.05) is 48.6 Å². The number of pyridine rings is 1. The number of carbonyl (C=O) groups excluding carboxylic acids is 1. The molecule has 0 spiro atoms. The Labute approximate surface area is 241 Å². The number of hydrogen-bond donors (Lipinski definition) is 3. The van der Waals surface area contributed by atoms with E-state index in [1.54, 1.807) is 27.5 Å². The molecule has 4 heterocycles. The van der Waals surface area contributed by atoms with Gasteiger partial charge in [-0.05, 0) is 54.9 Å². The molecular weight excluding hydrogens is 528 g/mol. The first kappa shape index (κ1) is 26.7. The molecule has 4 aromatic heterocycles. The topological polar surface area (TPSA) is 128 Å². The van der Waals surface area contributed by atoms with Gasteiger partial charge in [0.2, 0.25) is 0 Å². The Bertz CT molecular complexity index is 2070. The largest absolute Gasteiger partial charge is 0.382 e. The Hall–Kier alpha value is -5.51. The minimum absolute atomic E-state index is 0.182. The summed E-state index contributed by atoms with van der Waals surface area (Å²) >= 11 is 0. The first-order valence-electron chi connectivity index (χ1n) is 13.6. The Morgan fingerprint density at radius 2 is 1.88 bits per heavy atom. The first-order chi connectivity index (χ1) is 20.2. The number of H-pyrrole nitrogens is 1. The summed E-state index contributed by atoms with van der Waals surface area (Å²) in [6.07, 6.45) is 7.30. The zero-order valence-electron chi connectivity index (χ0n) is 23.8. The van der Waals surface area contributed by atoms with Crippen LogP contribution in [0.1, 0.15) is 51.5 Å². The monoisotopic (exact) mass is 559 g/mol. The lowest BCUT2D eigenvalue weighted by Gasteiger charge is -2.21. The zero-order chi connectivity index (χ0) is 29.5. The minimum atomic E-state index is -0.548. The van der Waals surface area contributed by atoms with Gasteiger partial charge in [-0.2, -0.15) is 5.10 Å². The SMILES string of the molecule is Cc1nn(C)c(C)c1C=Cc1cccc2cc(C(C)NC(=O)c3c(N)[nH][n+]4cccnc34)n(-c3ccccc3)c(=O)c12. The number of nitrogens with zero attached hydrogens (tertiary/aromatic N) is 5. The molecule has 4 N–H and O–H groups in total. The maximum Gasteiger partial charge on any atom is 0.362 e. The fraction of sp³-hybridized carbons (Fsp3) is 0.156. The van der Waals surface area contributed by atoms with Crippen LogP contribution in [0.5, 0.6) is 0 Å². The second-order valence-corrected chi connectivity index (χ2v) is 10.3. The van der Waals surface area contributed by atoms with Gasteiger partial charge >= 0.3 is 5.65 Å². The number of rotatable bonds is 6. The van der Waals surface area contributed by atoms with Crippen molar-refractivity contribution in [3.05, 3.63) is 117 Å². The minimum Gasteiger partial charge on any atom is -0.382 e. The van der Waals surface area contributed by atoms with Crippen LogP contribution in [0.4, 0.5) is 5.82 Å². The number of hydrogen-bond acceptors (Lipinski definition) is 5. The standard InChI is InChI=1S/C32H30N8O2/c1-19-25(21(3)38(4)36-19)15-14-22-10-8-11-23-18-26(40(32(42)27(22)23)24-12-6-5-7-13-24)20(2)35-31(41)28-29(33)37-39-17-9-16-34-30(28)39/h5-18,20H,1-4H3,(H3,33,35,37,41)/p+1. The normalized spacial score (nSPS) is 12.4. The van der Waals surface area contributed by atoms with Crippen LogP contribution in [0.15, 0.2) is 77.9 Å². The third-order valence-electron chi connectivity index (χ3n) is 7.61. The lowest BCUT2D eigenvalue weighted by Crippen LogP contribution is -2.33. The molecule has 0 bridgehead atoms. The van der Waals surface area contributed by atoms with E-state index in [0.29, 0.717) is 22.4 Å². The van der Waals surface area contributed by atoms with E-state index in [1.165, 1.54) is 0 Å². The van der Waals surface area contributed by atoms with Gasteiger partial charge in [-0.25, -0.2) is 5.10 Å². The fourth-order valence-corrected chi connectivity index (χ4v) is 5.43. The second kappa shape index (κ2) is 10.5. The van der Waals surface area contributed by atoms with E-state index in [4.69, 9.17) is 5.73 Å². The number of nitrogens with one attached hydrogen (secondary N) is 2. The number of aromatic nitrogens is 6. The van der Waals surface area contributed by atoms with Gasteiger partial charge in [-0.15, -0.1) is 4.52 Å². The van der Waals surface area contributed by atoms with E-state index < -0.39 is 11.9 Å². The van der Waals surface area contributed by atoms with Crippen LogP contribution in [0.2, 0.25) is 0 Å².